The monoisotopic (exact) mass is 286 g/mol. The third-order valence-corrected chi connectivity index (χ3v) is 4.40. The smallest absolute Gasteiger partial charge is 0.226 e. The van der Waals surface area contributed by atoms with Crippen molar-refractivity contribution >= 4 is 31.9 Å². The van der Waals surface area contributed by atoms with Crippen molar-refractivity contribution in [3.63, 3.8) is 0 Å². The molecule has 1 amide bonds. The van der Waals surface area contributed by atoms with Gasteiger partial charge in [0, 0.05) is 13.6 Å². The lowest BCUT2D eigenvalue weighted by molar-refractivity contribution is -0.128. The van der Waals surface area contributed by atoms with Crippen molar-refractivity contribution in [2.75, 3.05) is 18.3 Å². The van der Waals surface area contributed by atoms with E-state index in [0.29, 0.717) is 0 Å². The van der Waals surface area contributed by atoms with Crippen molar-refractivity contribution in [1.29, 1.82) is 0 Å². The van der Waals surface area contributed by atoms with Gasteiger partial charge in [-0.2, -0.15) is 0 Å². The molecule has 2 N–H and O–H groups in total. The van der Waals surface area contributed by atoms with Crippen LogP contribution in [0.25, 0.3) is 0 Å². The first-order valence-corrected chi connectivity index (χ1v) is 6.78. The van der Waals surface area contributed by atoms with Gasteiger partial charge in [0.2, 0.25) is 15.9 Å². The van der Waals surface area contributed by atoms with E-state index in [2.05, 4.69) is 26.0 Å². The fraction of sp³-hybridized carbons (Fsp3) is 0.857. The summed E-state index contributed by atoms with van der Waals surface area (Å²) in [6.07, 6.45) is 0. The Kier molecular flexibility index (Phi) is 5.03. The molecule has 0 spiro atoms. The van der Waals surface area contributed by atoms with Crippen molar-refractivity contribution in [2.24, 2.45) is 5.41 Å². The molecule has 7 heteroatoms. The number of alkyl halides is 1. The van der Waals surface area contributed by atoms with Gasteiger partial charge in [0.1, 0.15) is 4.66 Å². The van der Waals surface area contributed by atoms with Crippen LogP contribution in [0.4, 0.5) is 0 Å². The average Bonchev–Trinajstić information content (AvgIpc) is 2.14. The van der Waals surface area contributed by atoms with Crippen molar-refractivity contribution in [3.05, 3.63) is 0 Å². The molecule has 0 unspecified atom stereocenters. The zero-order valence-corrected chi connectivity index (χ0v) is 10.8. The first-order valence-electron chi connectivity index (χ1n) is 4.00. The molecule has 0 radical (unpaired) electrons. The molecule has 0 atom stereocenters. The Morgan fingerprint density at radius 3 is 2.29 bits per heavy atom. The summed E-state index contributed by atoms with van der Waals surface area (Å²) in [5.74, 6) is -0.199. The number of nitrogens with one attached hydrogen (secondary N) is 2. The maximum atomic E-state index is 11.3. The molecule has 0 saturated carbocycles. The number of rotatable bonds is 5. The Labute approximate surface area is 92.8 Å². The number of halogens is 1. The van der Waals surface area contributed by atoms with E-state index in [1.54, 1.807) is 13.8 Å². The molecule has 0 heterocycles. The molecule has 0 aliphatic heterocycles. The SMILES string of the molecule is CNC(=O)C(C)(C)CNS(=O)(=O)CBr. The molecule has 0 bridgehead atoms. The second-order valence-corrected chi connectivity index (χ2v) is 6.62. The summed E-state index contributed by atoms with van der Waals surface area (Å²) in [7, 11) is -1.79. The first kappa shape index (κ1) is 13.9. The summed E-state index contributed by atoms with van der Waals surface area (Å²) in [5.41, 5.74) is -0.746. The Morgan fingerprint density at radius 1 is 1.43 bits per heavy atom. The standard InChI is InChI=1S/C7H15BrN2O3S/c1-7(2,6(11)9-3)4-10-14(12,13)5-8/h10H,4-5H2,1-3H3,(H,9,11). The van der Waals surface area contributed by atoms with Crippen LogP contribution in [-0.4, -0.2) is 32.6 Å². The topological polar surface area (TPSA) is 75.3 Å². The number of carbonyl (C=O) groups is 1. The van der Waals surface area contributed by atoms with Gasteiger partial charge in [0.15, 0.2) is 0 Å². The van der Waals surface area contributed by atoms with Crippen LogP contribution in [0.5, 0.6) is 0 Å². The molecule has 0 aromatic carbocycles. The number of amides is 1. The van der Waals surface area contributed by atoms with Gasteiger partial charge in [-0.1, -0.05) is 15.9 Å². The first-order chi connectivity index (χ1) is 6.25. The van der Waals surface area contributed by atoms with E-state index in [-0.39, 0.29) is 17.1 Å². The third-order valence-electron chi connectivity index (χ3n) is 1.72. The molecule has 84 valence electrons. The maximum Gasteiger partial charge on any atom is 0.226 e. The van der Waals surface area contributed by atoms with E-state index in [4.69, 9.17) is 0 Å². The van der Waals surface area contributed by atoms with E-state index in [1.165, 1.54) is 7.05 Å². The van der Waals surface area contributed by atoms with Crippen LogP contribution in [-0.2, 0) is 14.8 Å². The van der Waals surface area contributed by atoms with Crippen LogP contribution >= 0.6 is 15.9 Å². The summed E-state index contributed by atoms with van der Waals surface area (Å²) < 4.78 is 24.3. The van der Waals surface area contributed by atoms with Crippen LogP contribution in [0.3, 0.4) is 0 Å². The highest BCUT2D eigenvalue weighted by atomic mass is 79.9. The highest BCUT2D eigenvalue weighted by Crippen LogP contribution is 2.13. The van der Waals surface area contributed by atoms with E-state index in [9.17, 15) is 13.2 Å². The minimum absolute atomic E-state index is 0.0839. The van der Waals surface area contributed by atoms with Gasteiger partial charge in [0.25, 0.3) is 0 Å². The van der Waals surface area contributed by atoms with Crippen LogP contribution in [0.2, 0.25) is 0 Å². The van der Waals surface area contributed by atoms with Crippen LogP contribution in [0, 0.1) is 5.41 Å². The lowest BCUT2D eigenvalue weighted by atomic mass is 9.93. The lowest BCUT2D eigenvalue weighted by Gasteiger charge is -2.22. The van der Waals surface area contributed by atoms with E-state index >= 15 is 0 Å². The molecule has 0 aliphatic rings. The lowest BCUT2D eigenvalue weighted by Crippen LogP contribution is -2.43. The average molecular weight is 287 g/mol. The van der Waals surface area contributed by atoms with Crippen molar-refractivity contribution in [2.45, 2.75) is 13.8 Å². The molecule has 0 rings (SSSR count). The van der Waals surface area contributed by atoms with Crippen LogP contribution in [0.15, 0.2) is 0 Å². The summed E-state index contributed by atoms with van der Waals surface area (Å²) in [6.45, 7) is 3.42. The minimum Gasteiger partial charge on any atom is -0.359 e. The minimum atomic E-state index is -3.31. The van der Waals surface area contributed by atoms with Gasteiger partial charge in [-0.15, -0.1) is 0 Å². The normalized spacial score (nSPS) is 12.6. The van der Waals surface area contributed by atoms with Crippen molar-refractivity contribution < 1.29 is 13.2 Å². The van der Waals surface area contributed by atoms with Gasteiger partial charge < -0.3 is 5.32 Å². The molecular formula is C7H15BrN2O3S. The van der Waals surface area contributed by atoms with Crippen LogP contribution < -0.4 is 10.0 Å². The zero-order chi connectivity index (χ0) is 11.4. The van der Waals surface area contributed by atoms with Gasteiger partial charge in [-0.05, 0) is 13.8 Å². The Balaban J connectivity index is 4.33. The van der Waals surface area contributed by atoms with E-state index in [1.807, 2.05) is 0 Å². The molecule has 0 fully saturated rings. The fourth-order valence-electron chi connectivity index (χ4n) is 0.748. The van der Waals surface area contributed by atoms with Gasteiger partial charge in [-0.3, -0.25) is 4.79 Å². The second kappa shape index (κ2) is 5.09. The van der Waals surface area contributed by atoms with Gasteiger partial charge in [0.05, 0.1) is 5.41 Å². The Hall–Kier alpha value is -0.140. The van der Waals surface area contributed by atoms with Gasteiger partial charge in [-0.25, -0.2) is 13.1 Å². The molecule has 5 nitrogen and oxygen atoms in total. The Morgan fingerprint density at radius 2 is 1.93 bits per heavy atom. The number of carbonyl (C=O) groups excluding carboxylic acids is 1. The van der Waals surface area contributed by atoms with Gasteiger partial charge >= 0.3 is 0 Å². The summed E-state index contributed by atoms with van der Waals surface area (Å²) in [4.78, 5) is 11.3. The molecule has 0 aromatic rings. The van der Waals surface area contributed by atoms with Crippen molar-refractivity contribution in [1.82, 2.24) is 10.0 Å². The summed E-state index contributed by atoms with van der Waals surface area (Å²) in [5, 5.41) is 2.47. The molecular weight excluding hydrogens is 272 g/mol. The molecule has 0 saturated heterocycles. The fourth-order valence-corrected chi connectivity index (χ4v) is 1.89. The highest BCUT2D eigenvalue weighted by Gasteiger charge is 2.27. The Bertz CT molecular complexity index is 300. The third kappa shape index (κ3) is 4.39. The zero-order valence-electron chi connectivity index (χ0n) is 8.43. The second-order valence-electron chi connectivity index (χ2n) is 3.51. The predicted octanol–water partition coefficient (Wildman–Crippen LogP) is 0.0304. The van der Waals surface area contributed by atoms with E-state index in [0.717, 1.165) is 0 Å². The molecule has 0 aliphatic carbocycles. The number of hydrogen-bond acceptors (Lipinski definition) is 3. The molecule has 0 aromatic heterocycles. The van der Waals surface area contributed by atoms with Crippen LogP contribution in [0.1, 0.15) is 13.8 Å². The summed E-state index contributed by atoms with van der Waals surface area (Å²) >= 11 is 2.84. The molecule has 14 heavy (non-hydrogen) atoms. The largest absolute Gasteiger partial charge is 0.359 e. The quantitative estimate of drug-likeness (QED) is 0.701. The van der Waals surface area contributed by atoms with E-state index < -0.39 is 15.4 Å². The predicted molar refractivity (Wildman–Crippen MR) is 58.6 cm³/mol. The number of sulfonamides is 1. The maximum absolute atomic E-state index is 11.3. The summed E-state index contributed by atoms with van der Waals surface area (Å²) in [6, 6.07) is 0. The highest BCUT2D eigenvalue weighted by molar-refractivity contribution is 9.10. The van der Waals surface area contributed by atoms with Crippen molar-refractivity contribution in [3.8, 4) is 0 Å². The number of hydrogen-bond donors (Lipinski definition) is 2.